The number of anilines is 1. The Balaban J connectivity index is 1.35. The third kappa shape index (κ3) is 2.41. The maximum atomic E-state index is 12.1. The molecule has 114 valence electrons. The SMILES string of the molecule is O=C(Nc1noc2c1CCCC2)NC1COC2(CCC2)C1. The van der Waals surface area contributed by atoms with Crippen LogP contribution >= 0.6 is 0 Å². The number of nitrogens with one attached hydrogen (secondary N) is 2. The minimum Gasteiger partial charge on any atom is -0.373 e. The molecule has 2 heterocycles. The van der Waals surface area contributed by atoms with Crippen molar-refractivity contribution in [2.45, 2.75) is 63.0 Å². The van der Waals surface area contributed by atoms with E-state index < -0.39 is 0 Å². The number of hydrogen-bond acceptors (Lipinski definition) is 4. The molecule has 0 aromatic carbocycles. The van der Waals surface area contributed by atoms with Gasteiger partial charge >= 0.3 is 6.03 Å². The summed E-state index contributed by atoms with van der Waals surface area (Å²) in [4.78, 5) is 12.1. The van der Waals surface area contributed by atoms with E-state index in [4.69, 9.17) is 9.26 Å². The van der Waals surface area contributed by atoms with E-state index in [-0.39, 0.29) is 17.7 Å². The smallest absolute Gasteiger partial charge is 0.320 e. The number of ether oxygens (including phenoxy) is 1. The van der Waals surface area contributed by atoms with Crippen LogP contribution in [0.4, 0.5) is 10.6 Å². The highest BCUT2D eigenvalue weighted by Crippen LogP contribution is 2.43. The van der Waals surface area contributed by atoms with Crippen molar-refractivity contribution in [1.29, 1.82) is 0 Å². The highest BCUT2D eigenvalue weighted by molar-refractivity contribution is 5.89. The fourth-order valence-corrected chi connectivity index (χ4v) is 3.67. The summed E-state index contributed by atoms with van der Waals surface area (Å²) in [6.07, 6.45) is 8.54. The summed E-state index contributed by atoms with van der Waals surface area (Å²) in [5.41, 5.74) is 1.12. The van der Waals surface area contributed by atoms with Gasteiger partial charge in [-0.1, -0.05) is 5.16 Å². The molecular formula is C15H21N3O3. The lowest BCUT2D eigenvalue weighted by atomic mass is 9.77. The molecule has 2 fully saturated rings. The van der Waals surface area contributed by atoms with E-state index >= 15 is 0 Å². The van der Waals surface area contributed by atoms with Gasteiger partial charge in [0.25, 0.3) is 0 Å². The maximum absolute atomic E-state index is 12.1. The van der Waals surface area contributed by atoms with E-state index in [1.54, 1.807) is 0 Å². The van der Waals surface area contributed by atoms with Gasteiger partial charge in [-0.3, -0.25) is 5.32 Å². The summed E-state index contributed by atoms with van der Waals surface area (Å²) >= 11 is 0. The van der Waals surface area contributed by atoms with Crippen LogP contribution in [-0.4, -0.2) is 29.4 Å². The Morgan fingerprint density at radius 3 is 2.86 bits per heavy atom. The molecule has 1 spiro atoms. The van der Waals surface area contributed by atoms with Crippen LogP contribution in [0.15, 0.2) is 4.52 Å². The zero-order chi connectivity index (χ0) is 14.3. The van der Waals surface area contributed by atoms with Gasteiger partial charge in [0.15, 0.2) is 5.82 Å². The molecule has 1 aromatic heterocycles. The van der Waals surface area contributed by atoms with Gasteiger partial charge in [-0.25, -0.2) is 4.79 Å². The van der Waals surface area contributed by atoms with Crippen molar-refractivity contribution in [3.63, 3.8) is 0 Å². The first-order valence-corrected chi connectivity index (χ1v) is 7.93. The number of aromatic nitrogens is 1. The van der Waals surface area contributed by atoms with Crippen LogP contribution < -0.4 is 10.6 Å². The van der Waals surface area contributed by atoms with Crippen molar-refractivity contribution in [2.75, 3.05) is 11.9 Å². The molecule has 6 nitrogen and oxygen atoms in total. The number of carbonyl (C=O) groups excluding carboxylic acids is 1. The number of fused-ring (bicyclic) bond motifs is 1. The van der Waals surface area contributed by atoms with E-state index in [9.17, 15) is 4.79 Å². The monoisotopic (exact) mass is 291 g/mol. The molecule has 1 atom stereocenters. The number of hydrogen-bond donors (Lipinski definition) is 2. The molecule has 4 rings (SSSR count). The largest absolute Gasteiger partial charge is 0.373 e. The number of urea groups is 1. The van der Waals surface area contributed by atoms with E-state index in [0.29, 0.717) is 12.4 Å². The fourth-order valence-electron chi connectivity index (χ4n) is 3.67. The third-order valence-corrected chi connectivity index (χ3v) is 4.99. The molecule has 1 saturated carbocycles. The Labute approximate surface area is 123 Å². The normalized spacial score (nSPS) is 26.2. The molecule has 1 aliphatic heterocycles. The molecule has 2 amide bonds. The van der Waals surface area contributed by atoms with Crippen LogP contribution in [-0.2, 0) is 17.6 Å². The standard InChI is InChI=1S/C15H21N3O3/c19-14(16-10-8-15(20-9-10)6-3-7-15)17-13-11-4-1-2-5-12(11)21-18-13/h10H,1-9H2,(H2,16,17,18,19). The topological polar surface area (TPSA) is 76.4 Å². The molecule has 0 radical (unpaired) electrons. The zero-order valence-corrected chi connectivity index (χ0v) is 12.1. The summed E-state index contributed by atoms with van der Waals surface area (Å²) in [5, 5.41) is 9.81. The maximum Gasteiger partial charge on any atom is 0.320 e. The molecule has 2 N–H and O–H groups in total. The predicted octanol–water partition coefficient (Wildman–Crippen LogP) is 2.39. The summed E-state index contributed by atoms with van der Waals surface area (Å²) in [7, 11) is 0. The van der Waals surface area contributed by atoms with Gasteiger partial charge in [0.2, 0.25) is 0 Å². The second-order valence-corrected chi connectivity index (χ2v) is 6.49. The van der Waals surface area contributed by atoms with Crippen molar-refractivity contribution in [3.05, 3.63) is 11.3 Å². The highest BCUT2D eigenvalue weighted by atomic mass is 16.5. The van der Waals surface area contributed by atoms with Gasteiger partial charge in [-0.2, -0.15) is 0 Å². The molecule has 1 saturated heterocycles. The summed E-state index contributed by atoms with van der Waals surface area (Å²) in [6.45, 7) is 0.615. The van der Waals surface area contributed by atoms with Crippen LogP contribution in [0.5, 0.6) is 0 Å². The third-order valence-electron chi connectivity index (χ3n) is 4.99. The minimum absolute atomic E-state index is 0.0605. The van der Waals surface area contributed by atoms with Crippen LogP contribution in [0.3, 0.4) is 0 Å². The van der Waals surface area contributed by atoms with Gasteiger partial charge in [0.1, 0.15) is 5.76 Å². The minimum atomic E-state index is -0.207. The quantitative estimate of drug-likeness (QED) is 0.877. The molecule has 6 heteroatoms. The summed E-state index contributed by atoms with van der Waals surface area (Å²) in [5.74, 6) is 1.51. The van der Waals surface area contributed by atoms with Gasteiger partial charge in [0.05, 0.1) is 18.2 Å². The van der Waals surface area contributed by atoms with Crippen molar-refractivity contribution >= 4 is 11.8 Å². The first-order chi connectivity index (χ1) is 10.2. The van der Waals surface area contributed by atoms with Crippen molar-refractivity contribution in [1.82, 2.24) is 10.5 Å². The molecule has 0 bridgehead atoms. The molecular weight excluding hydrogens is 270 g/mol. The zero-order valence-electron chi connectivity index (χ0n) is 12.1. The van der Waals surface area contributed by atoms with E-state index in [1.165, 1.54) is 6.42 Å². The first kappa shape index (κ1) is 13.1. The Hall–Kier alpha value is -1.56. The average molecular weight is 291 g/mol. The van der Waals surface area contributed by atoms with E-state index in [0.717, 1.165) is 56.3 Å². The molecule has 3 aliphatic rings. The molecule has 2 aliphatic carbocycles. The summed E-state index contributed by atoms with van der Waals surface area (Å²) < 4.78 is 11.1. The van der Waals surface area contributed by atoms with Gasteiger partial charge in [-0.05, 0) is 44.9 Å². The van der Waals surface area contributed by atoms with Gasteiger partial charge in [-0.15, -0.1) is 0 Å². The highest BCUT2D eigenvalue weighted by Gasteiger charge is 2.45. The Morgan fingerprint density at radius 1 is 1.24 bits per heavy atom. The van der Waals surface area contributed by atoms with E-state index in [1.807, 2.05) is 0 Å². The lowest BCUT2D eigenvalue weighted by Crippen LogP contribution is -2.41. The van der Waals surface area contributed by atoms with Crippen molar-refractivity contribution in [2.24, 2.45) is 0 Å². The van der Waals surface area contributed by atoms with Gasteiger partial charge < -0.3 is 14.6 Å². The second-order valence-electron chi connectivity index (χ2n) is 6.49. The summed E-state index contributed by atoms with van der Waals surface area (Å²) in [6, 6.07) is -0.102. The van der Waals surface area contributed by atoms with Gasteiger partial charge in [0, 0.05) is 12.0 Å². The number of aryl methyl sites for hydroxylation is 1. The van der Waals surface area contributed by atoms with Crippen LogP contribution in [0.25, 0.3) is 0 Å². The number of carbonyl (C=O) groups is 1. The average Bonchev–Trinajstić information content (AvgIpc) is 3.04. The Kier molecular flexibility index (Phi) is 3.14. The Bertz CT molecular complexity index is 550. The molecule has 1 aromatic rings. The Morgan fingerprint density at radius 2 is 2.10 bits per heavy atom. The van der Waals surface area contributed by atoms with Crippen LogP contribution in [0, 0.1) is 0 Å². The number of rotatable bonds is 2. The fraction of sp³-hybridized carbons (Fsp3) is 0.733. The predicted molar refractivity (Wildman–Crippen MR) is 76.2 cm³/mol. The van der Waals surface area contributed by atoms with Crippen molar-refractivity contribution < 1.29 is 14.1 Å². The lowest BCUT2D eigenvalue weighted by Gasteiger charge is -2.37. The second kappa shape index (κ2) is 5.02. The number of nitrogens with zero attached hydrogens (tertiary/aromatic N) is 1. The lowest BCUT2D eigenvalue weighted by molar-refractivity contribution is -0.0563. The van der Waals surface area contributed by atoms with Crippen LogP contribution in [0.1, 0.15) is 49.8 Å². The van der Waals surface area contributed by atoms with Crippen LogP contribution in [0.2, 0.25) is 0 Å². The van der Waals surface area contributed by atoms with Crippen molar-refractivity contribution in [3.8, 4) is 0 Å². The number of amides is 2. The van der Waals surface area contributed by atoms with E-state index in [2.05, 4.69) is 15.8 Å². The molecule has 21 heavy (non-hydrogen) atoms. The molecule has 1 unspecified atom stereocenters. The first-order valence-electron chi connectivity index (χ1n) is 7.93.